The molecule has 0 radical (unpaired) electrons. The van der Waals surface area contributed by atoms with E-state index in [2.05, 4.69) is 26.1 Å². The van der Waals surface area contributed by atoms with E-state index in [1.165, 1.54) is 6.08 Å². The quantitative estimate of drug-likeness (QED) is 0.755. The highest BCUT2D eigenvalue weighted by atomic mass is 16.4. The van der Waals surface area contributed by atoms with E-state index >= 15 is 0 Å². The van der Waals surface area contributed by atoms with Gasteiger partial charge in [-0.3, -0.25) is 4.79 Å². The first-order valence-corrected chi connectivity index (χ1v) is 7.30. The van der Waals surface area contributed by atoms with Crippen LogP contribution >= 0.6 is 0 Å². The lowest BCUT2D eigenvalue weighted by Crippen LogP contribution is -2.47. The van der Waals surface area contributed by atoms with Crippen molar-refractivity contribution in [1.29, 1.82) is 0 Å². The monoisotopic (exact) mass is 289 g/mol. The largest absolute Gasteiger partial charge is 0.478 e. The molecule has 1 aromatic rings. The molecule has 0 saturated heterocycles. The Bertz CT molecular complexity index is 505. The lowest BCUT2D eigenvalue weighted by molar-refractivity contribution is -0.131. The normalized spacial score (nSPS) is 11.6. The molecule has 0 unspecified atom stereocenters. The molecule has 4 nitrogen and oxygen atoms in total. The maximum atomic E-state index is 12.3. The van der Waals surface area contributed by atoms with Gasteiger partial charge in [-0.25, -0.2) is 4.79 Å². The minimum Gasteiger partial charge on any atom is -0.478 e. The van der Waals surface area contributed by atoms with Gasteiger partial charge in [-0.2, -0.15) is 0 Å². The third kappa shape index (κ3) is 4.74. The van der Waals surface area contributed by atoms with Crippen LogP contribution in [0.2, 0.25) is 0 Å². The molecule has 4 heteroatoms. The second-order valence-corrected chi connectivity index (χ2v) is 5.09. The van der Waals surface area contributed by atoms with Gasteiger partial charge in [0.15, 0.2) is 0 Å². The highest BCUT2D eigenvalue weighted by Crippen LogP contribution is 2.20. The third-order valence-corrected chi connectivity index (χ3v) is 4.00. The van der Waals surface area contributed by atoms with Gasteiger partial charge in [0.2, 0.25) is 0 Å². The number of amides is 1. The summed E-state index contributed by atoms with van der Waals surface area (Å²) in [6.45, 7) is 6.23. The molecule has 1 aromatic carbocycles. The Morgan fingerprint density at radius 3 is 2.05 bits per heavy atom. The molecule has 0 saturated carbocycles. The molecule has 1 rings (SSSR count). The molecule has 2 N–H and O–H groups in total. The van der Waals surface area contributed by atoms with Gasteiger partial charge in [-0.15, -0.1) is 0 Å². The van der Waals surface area contributed by atoms with Gasteiger partial charge in [0.05, 0.1) is 0 Å². The van der Waals surface area contributed by atoms with Crippen molar-refractivity contribution >= 4 is 18.0 Å². The molecule has 0 heterocycles. The fourth-order valence-electron chi connectivity index (χ4n) is 2.24. The second kappa shape index (κ2) is 7.62. The van der Waals surface area contributed by atoms with Crippen molar-refractivity contribution < 1.29 is 14.7 Å². The number of carbonyl (C=O) groups excluding carboxylic acids is 1. The lowest BCUT2D eigenvalue weighted by atomic mass is 9.89. The predicted molar refractivity (Wildman–Crippen MR) is 84.2 cm³/mol. The Labute approximate surface area is 125 Å². The van der Waals surface area contributed by atoms with Crippen LogP contribution in [0.25, 0.3) is 6.08 Å². The first-order valence-electron chi connectivity index (χ1n) is 7.30. The smallest absolute Gasteiger partial charge is 0.328 e. The Kier molecular flexibility index (Phi) is 6.15. The van der Waals surface area contributed by atoms with Crippen molar-refractivity contribution in [3.8, 4) is 0 Å². The zero-order chi connectivity index (χ0) is 15.9. The number of carboxylic acid groups (broad SMARTS) is 1. The zero-order valence-corrected chi connectivity index (χ0v) is 12.8. The number of nitrogens with one attached hydrogen (secondary N) is 1. The molecule has 21 heavy (non-hydrogen) atoms. The Hall–Kier alpha value is -2.10. The molecule has 0 aliphatic carbocycles. The number of carboxylic acids is 1. The fraction of sp³-hybridized carbons (Fsp3) is 0.412. The van der Waals surface area contributed by atoms with Gasteiger partial charge in [-0.05, 0) is 43.0 Å². The van der Waals surface area contributed by atoms with Crippen molar-refractivity contribution in [2.24, 2.45) is 0 Å². The SMILES string of the molecule is CCC(CC)(CC)NC(=O)c1ccc(C=CC(=O)O)cc1. The van der Waals surface area contributed by atoms with Gasteiger partial charge >= 0.3 is 5.97 Å². The Morgan fingerprint density at radius 2 is 1.62 bits per heavy atom. The van der Waals surface area contributed by atoms with Crippen LogP contribution < -0.4 is 5.32 Å². The van der Waals surface area contributed by atoms with E-state index in [1.54, 1.807) is 24.3 Å². The molecule has 0 aliphatic heterocycles. The van der Waals surface area contributed by atoms with E-state index in [1.807, 2.05) is 0 Å². The summed E-state index contributed by atoms with van der Waals surface area (Å²) in [5.41, 5.74) is 1.18. The molecular weight excluding hydrogens is 266 g/mol. The highest BCUT2D eigenvalue weighted by Gasteiger charge is 2.26. The summed E-state index contributed by atoms with van der Waals surface area (Å²) in [7, 11) is 0. The van der Waals surface area contributed by atoms with Crippen molar-refractivity contribution in [3.63, 3.8) is 0 Å². The summed E-state index contributed by atoms with van der Waals surface area (Å²) in [6, 6.07) is 6.89. The average Bonchev–Trinajstić information content (AvgIpc) is 2.51. The van der Waals surface area contributed by atoms with Crippen LogP contribution in [0.15, 0.2) is 30.3 Å². The summed E-state index contributed by atoms with van der Waals surface area (Å²) in [6.07, 6.45) is 5.26. The number of carbonyl (C=O) groups is 2. The first kappa shape index (κ1) is 17.0. The molecule has 0 aromatic heterocycles. The molecule has 1 amide bonds. The summed E-state index contributed by atoms with van der Waals surface area (Å²) >= 11 is 0. The van der Waals surface area contributed by atoms with Gasteiger partial charge < -0.3 is 10.4 Å². The third-order valence-electron chi connectivity index (χ3n) is 4.00. The summed E-state index contributed by atoms with van der Waals surface area (Å²) in [5, 5.41) is 11.7. The molecule has 0 fully saturated rings. The van der Waals surface area contributed by atoms with Crippen molar-refractivity contribution in [2.75, 3.05) is 0 Å². The van der Waals surface area contributed by atoms with Crippen LogP contribution in [-0.4, -0.2) is 22.5 Å². The summed E-state index contributed by atoms with van der Waals surface area (Å²) in [5.74, 6) is -1.08. The summed E-state index contributed by atoms with van der Waals surface area (Å²) < 4.78 is 0. The van der Waals surface area contributed by atoms with Crippen molar-refractivity contribution in [2.45, 2.75) is 45.6 Å². The second-order valence-electron chi connectivity index (χ2n) is 5.09. The number of hydrogen-bond donors (Lipinski definition) is 2. The Morgan fingerprint density at radius 1 is 1.10 bits per heavy atom. The Balaban J connectivity index is 2.82. The average molecular weight is 289 g/mol. The molecule has 0 spiro atoms. The van der Waals surface area contributed by atoms with Gasteiger partial charge in [0, 0.05) is 17.2 Å². The summed E-state index contributed by atoms with van der Waals surface area (Å²) in [4.78, 5) is 22.7. The first-order chi connectivity index (χ1) is 9.96. The maximum absolute atomic E-state index is 12.3. The number of rotatable bonds is 7. The lowest BCUT2D eigenvalue weighted by Gasteiger charge is -2.31. The van der Waals surface area contributed by atoms with Gasteiger partial charge in [0.25, 0.3) is 5.91 Å². The van der Waals surface area contributed by atoms with Crippen LogP contribution in [0.4, 0.5) is 0 Å². The minimum atomic E-state index is -0.990. The maximum Gasteiger partial charge on any atom is 0.328 e. The van der Waals surface area contributed by atoms with E-state index in [9.17, 15) is 9.59 Å². The van der Waals surface area contributed by atoms with E-state index in [0.717, 1.165) is 30.9 Å². The van der Waals surface area contributed by atoms with Crippen LogP contribution in [0.1, 0.15) is 56.0 Å². The van der Waals surface area contributed by atoms with Crippen molar-refractivity contribution in [3.05, 3.63) is 41.5 Å². The molecule has 0 aliphatic rings. The fourth-order valence-corrected chi connectivity index (χ4v) is 2.24. The van der Waals surface area contributed by atoms with Gasteiger partial charge in [0.1, 0.15) is 0 Å². The van der Waals surface area contributed by atoms with Crippen LogP contribution in [0.5, 0.6) is 0 Å². The topological polar surface area (TPSA) is 66.4 Å². The molecular formula is C17H23NO3. The van der Waals surface area contributed by atoms with Gasteiger partial charge in [-0.1, -0.05) is 32.9 Å². The van der Waals surface area contributed by atoms with E-state index in [0.29, 0.717) is 5.56 Å². The van der Waals surface area contributed by atoms with E-state index in [-0.39, 0.29) is 11.4 Å². The van der Waals surface area contributed by atoms with Crippen LogP contribution in [0, 0.1) is 0 Å². The molecule has 114 valence electrons. The van der Waals surface area contributed by atoms with E-state index < -0.39 is 5.97 Å². The predicted octanol–water partition coefficient (Wildman–Crippen LogP) is 3.48. The zero-order valence-electron chi connectivity index (χ0n) is 12.8. The van der Waals surface area contributed by atoms with Crippen LogP contribution in [0.3, 0.4) is 0 Å². The van der Waals surface area contributed by atoms with E-state index in [4.69, 9.17) is 5.11 Å². The molecule has 0 bridgehead atoms. The molecule has 0 atom stereocenters. The number of aliphatic carboxylic acids is 1. The van der Waals surface area contributed by atoms with Crippen LogP contribution in [-0.2, 0) is 4.79 Å². The number of hydrogen-bond acceptors (Lipinski definition) is 2. The standard InChI is InChI=1S/C17H23NO3/c1-4-17(5-2,6-3)18-16(21)14-10-7-13(8-11-14)9-12-15(19)20/h7-12H,4-6H2,1-3H3,(H,18,21)(H,19,20). The highest BCUT2D eigenvalue weighted by molar-refractivity contribution is 5.95. The number of benzene rings is 1. The van der Waals surface area contributed by atoms with Crippen molar-refractivity contribution in [1.82, 2.24) is 5.32 Å². The minimum absolute atomic E-state index is 0.0886.